The summed E-state index contributed by atoms with van der Waals surface area (Å²) in [6.45, 7) is 0. The first-order valence-electron chi connectivity index (χ1n) is 7.58. The van der Waals surface area contributed by atoms with Gasteiger partial charge in [-0.15, -0.1) is 0 Å². The highest BCUT2D eigenvalue weighted by atomic mass is 35.5. The van der Waals surface area contributed by atoms with E-state index >= 15 is 0 Å². The highest BCUT2D eigenvalue weighted by Gasteiger charge is 2.20. The zero-order valence-corrected chi connectivity index (χ0v) is 16.7. The van der Waals surface area contributed by atoms with Gasteiger partial charge in [0.2, 0.25) is 9.84 Å². The smallest absolute Gasteiger partial charge is 0.216 e. The monoisotopic (exact) mass is 436 g/mol. The van der Waals surface area contributed by atoms with Crippen LogP contribution in [0.15, 0.2) is 70.7 Å². The lowest BCUT2D eigenvalue weighted by atomic mass is 10.3. The van der Waals surface area contributed by atoms with Crippen LogP contribution in [0.3, 0.4) is 0 Å². The maximum atomic E-state index is 12.6. The standard InChI is InChI=1S/C19H11Cl3N2O2S/c20-14-9-17(21)19(18(22)10-14)24-7-6-13(12-24)8-16(11-23)27(25,26)15-4-2-1-3-5-15/h1-10,12H/b16-8+. The van der Waals surface area contributed by atoms with Gasteiger partial charge in [0.15, 0.2) is 0 Å². The zero-order chi connectivity index (χ0) is 19.6. The molecular formula is C19H11Cl3N2O2S. The molecule has 0 spiro atoms. The van der Waals surface area contributed by atoms with E-state index in [1.807, 2.05) is 0 Å². The molecular weight excluding hydrogens is 427 g/mol. The van der Waals surface area contributed by atoms with Crippen LogP contribution in [0.25, 0.3) is 11.8 Å². The number of rotatable bonds is 4. The summed E-state index contributed by atoms with van der Waals surface area (Å²) in [5.74, 6) is 0. The van der Waals surface area contributed by atoms with Crippen molar-refractivity contribution in [1.29, 1.82) is 5.26 Å². The summed E-state index contributed by atoms with van der Waals surface area (Å²) in [5, 5.41) is 10.5. The summed E-state index contributed by atoms with van der Waals surface area (Å²) in [7, 11) is -3.91. The van der Waals surface area contributed by atoms with Crippen LogP contribution in [0.4, 0.5) is 0 Å². The SMILES string of the molecule is N#C/C(=C\c1ccn(-c2c(Cl)cc(Cl)cc2Cl)c1)S(=O)(=O)c1ccccc1. The number of hydrogen-bond acceptors (Lipinski definition) is 3. The molecule has 136 valence electrons. The fourth-order valence-electron chi connectivity index (χ4n) is 2.47. The summed E-state index contributed by atoms with van der Waals surface area (Å²) < 4.78 is 26.9. The van der Waals surface area contributed by atoms with E-state index in [2.05, 4.69) is 0 Å². The van der Waals surface area contributed by atoms with Gasteiger partial charge in [0.05, 0.1) is 20.6 Å². The number of aromatic nitrogens is 1. The first-order chi connectivity index (χ1) is 12.8. The van der Waals surface area contributed by atoms with Crippen LogP contribution in [-0.2, 0) is 9.84 Å². The normalized spacial score (nSPS) is 12.0. The molecule has 8 heteroatoms. The molecule has 2 aromatic carbocycles. The van der Waals surface area contributed by atoms with Crippen molar-refractivity contribution in [2.75, 3.05) is 0 Å². The second kappa shape index (κ2) is 7.79. The Morgan fingerprint density at radius 2 is 1.67 bits per heavy atom. The Morgan fingerprint density at radius 1 is 1.04 bits per heavy atom. The van der Waals surface area contributed by atoms with Crippen LogP contribution in [0, 0.1) is 11.3 Å². The first kappa shape index (κ1) is 19.5. The third kappa shape index (κ3) is 4.05. The number of sulfone groups is 1. The summed E-state index contributed by atoms with van der Waals surface area (Å²) in [4.78, 5) is -0.305. The molecule has 0 N–H and O–H groups in total. The van der Waals surface area contributed by atoms with Crippen molar-refractivity contribution in [3.05, 3.63) is 86.5 Å². The van der Waals surface area contributed by atoms with Crippen LogP contribution in [0.1, 0.15) is 5.56 Å². The summed E-state index contributed by atoms with van der Waals surface area (Å²) in [5.41, 5.74) is 1.01. The topological polar surface area (TPSA) is 62.9 Å². The number of benzene rings is 2. The largest absolute Gasteiger partial charge is 0.321 e. The summed E-state index contributed by atoms with van der Waals surface area (Å²) in [6.07, 6.45) is 4.59. The van der Waals surface area contributed by atoms with Crippen LogP contribution >= 0.6 is 34.8 Å². The van der Waals surface area contributed by atoms with E-state index in [-0.39, 0.29) is 9.80 Å². The van der Waals surface area contributed by atoms with E-state index in [0.29, 0.717) is 26.3 Å². The Kier molecular flexibility index (Phi) is 5.64. The van der Waals surface area contributed by atoms with Crippen molar-refractivity contribution in [3.63, 3.8) is 0 Å². The van der Waals surface area contributed by atoms with Gasteiger partial charge in [0, 0.05) is 17.4 Å². The van der Waals surface area contributed by atoms with Gasteiger partial charge in [-0.05, 0) is 42.0 Å². The minimum atomic E-state index is -3.91. The molecule has 4 nitrogen and oxygen atoms in total. The zero-order valence-electron chi connectivity index (χ0n) is 13.6. The number of allylic oxidation sites excluding steroid dienone is 1. The predicted molar refractivity (Wildman–Crippen MR) is 108 cm³/mol. The number of halogens is 3. The molecule has 0 fully saturated rings. The highest BCUT2D eigenvalue weighted by molar-refractivity contribution is 7.95. The molecule has 0 radical (unpaired) electrons. The molecule has 0 unspecified atom stereocenters. The molecule has 0 saturated carbocycles. The van der Waals surface area contributed by atoms with E-state index in [9.17, 15) is 13.7 Å². The summed E-state index contributed by atoms with van der Waals surface area (Å²) >= 11 is 18.3. The lowest BCUT2D eigenvalue weighted by Crippen LogP contribution is -2.03. The van der Waals surface area contributed by atoms with Gasteiger partial charge < -0.3 is 4.57 Å². The fraction of sp³-hybridized carbons (Fsp3) is 0. The van der Waals surface area contributed by atoms with Crippen molar-refractivity contribution in [3.8, 4) is 11.8 Å². The Labute approximate surface area is 171 Å². The van der Waals surface area contributed by atoms with E-state index in [0.717, 1.165) is 0 Å². The second-order valence-electron chi connectivity index (χ2n) is 5.51. The maximum Gasteiger partial charge on any atom is 0.216 e. The number of nitrogens with zero attached hydrogens (tertiary/aromatic N) is 2. The van der Waals surface area contributed by atoms with Gasteiger partial charge >= 0.3 is 0 Å². The van der Waals surface area contributed by atoms with Crippen molar-refractivity contribution in [1.82, 2.24) is 4.57 Å². The van der Waals surface area contributed by atoms with E-state index in [1.54, 1.807) is 59.4 Å². The van der Waals surface area contributed by atoms with E-state index in [4.69, 9.17) is 34.8 Å². The predicted octanol–water partition coefficient (Wildman–Crippen LogP) is 5.78. The van der Waals surface area contributed by atoms with Crippen LogP contribution in [-0.4, -0.2) is 13.0 Å². The lowest BCUT2D eigenvalue weighted by molar-refractivity contribution is 0.603. The molecule has 0 amide bonds. The average Bonchev–Trinajstić information content (AvgIpc) is 3.07. The Bertz CT molecular complexity index is 1150. The molecule has 1 heterocycles. The van der Waals surface area contributed by atoms with Crippen molar-refractivity contribution in [2.45, 2.75) is 4.90 Å². The van der Waals surface area contributed by atoms with E-state index < -0.39 is 9.84 Å². The first-order valence-corrected chi connectivity index (χ1v) is 10.2. The molecule has 0 aliphatic rings. The Hall–Kier alpha value is -2.23. The highest BCUT2D eigenvalue weighted by Crippen LogP contribution is 2.33. The Morgan fingerprint density at radius 3 is 2.26 bits per heavy atom. The quantitative estimate of drug-likeness (QED) is 0.486. The van der Waals surface area contributed by atoms with Gasteiger partial charge in [-0.1, -0.05) is 53.0 Å². The minimum Gasteiger partial charge on any atom is -0.321 e. The number of hydrogen-bond donors (Lipinski definition) is 0. The lowest BCUT2D eigenvalue weighted by Gasteiger charge is -2.08. The maximum absolute atomic E-state index is 12.6. The minimum absolute atomic E-state index is 0.0565. The third-order valence-electron chi connectivity index (χ3n) is 3.71. The van der Waals surface area contributed by atoms with Gasteiger partial charge in [-0.3, -0.25) is 0 Å². The molecule has 0 aliphatic heterocycles. The molecule has 3 rings (SSSR count). The van der Waals surface area contributed by atoms with Crippen molar-refractivity contribution in [2.24, 2.45) is 0 Å². The van der Waals surface area contributed by atoms with Crippen LogP contribution in [0.5, 0.6) is 0 Å². The second-order valence-corrected chi connectivity index (χ2v) is 8.68. The van der Waals surface area contributed by atoms with E-state index in [1.165, 1.54) is 18.2 Å². The molecule has 0 aliphatic carbocycles. The fourth-order valence-corrected chi connectivity index (χ4v) is 4.66. The molecule has 3 aromatic rings. The van der Waals surface area contributed by atoms with Crippen LogP contribution in [0.2, 0.25) is 15.1 Å². The third-order valence-corrected chi connectivity index (χ3v) is 6.18. The molecule has 1 aromatic heterocycles. The van der Waals surface area contributed by atoms with Crippen molar-refractivity contribution < 1.29 is 8.42 Å². The van der Waals surface area contributed by atoms with Gasteiger partial charge in [-0.25, -0.2) is 8.42 Å². The average molecular weight is 438 g/mol. The molecule has 0 atom stereocenters. The van der Waals surface area contributed by atoms with Gasteiger partial charge in [0.1, 0.15) is 11.0 Å². The molecule has 0 saturated heterocycles. The Balaban J connectivity index is 2.03. The molecule has 27 heavy (non-hydrogen) atoms. The molecule has 0 bridgehead atoms. The van der Waals surface area contributed by atoms with Gasteiger partial charge in [-0.2, -0.15) is 5.26 Å². The number of nitriles is 1. The summed E-state index contributed by atoms with van der Waals surface area (Å²) in [6, 6.07) is 14.3. The van der Waals surface area contributed by atoms with Crippen LogP contribution < -0.4 is 0 Å². The van der Waals surface area contributed by atoms with Gasteiger partial charge in [0.25, 0.3) is 0 Å². The van der Waals surface area contributed by atoms with Crippen molar-refractivity contribution >= 4 is 50.7 Å².